The highest BCUT2D eigenvalue weighted by Gasteiger charge is 2.14. The summed E-state index contributed by atoms with van der Waals surface area (Å²) in [5, 5.41) is 5.70. The van der Waals surface area contributed by atoms with E-state index in [0.717, 1.165) is 16.1 Å². The second-order valence-corrected chi connectivity index (χ2v) is 6.63. The molecule has 0 aliphatic carbocycles. The number of hydrogen-bond donors (Lipinski definition) is 2. The van der Waals surface area contributed by atoms with Crippen LogP contribution in [0.5, 0.6) is 0 Å². The van der Waals surface area contributed by atoms with Gasteiger partial charge in [0.1, 0.15) is 6.10 Å². The predicted molar refractivity (Wildman–Crippen MR) is 91.7 cm³/mol. The first-order valence-electron chi connectivity index (χ1n) is 7.21. The highest BCUT2D eigenvalue weighted by Crippen LogP contribution is 2.24. The molecule has 118 valence electrons. The van der Waals surface area contributed by atoms with Gasteiger partial charge in [0.25, 0.3) is 0 Å². The average Bonchev–Trinajstić information content (AvgIpc) is 2.90. The van der Waals surface area contributed by atoms with Gasteiger partial charge in [0.15, 0.2) is 0 Å². The van der Waals surface area contributed by atoms with Crippen molar-refractivity contribution in [3.63, 3.8) is 0 Å². The molecule has 1 aromatic carbocycles. The molecule has 1 unspecified atom stereocenters. The fraction of sp³-hybridized carbons (Fsp3) is 0.353. The van der Waals surface area contributed by atoms with Crippen molar-refractivity contribution in [3.8, 4) is 0 Å². The Labute approximate surface area is 135 Å². The van der Waals surface area contributed by atoms with Gasteiger partial charge >= 0.3 is 6.03 Å². The lowest BCUT2D eigenvalue weighted by Crippen LogP contribution is -2.32. The molecule has 1 aromatic heterocycles. The normalized spacial score (nSPS) is 12.0. The third-order valence-corrected chi connectivity index (χ3v) is 4.67. The summed E-state index contributed by atoms with van der Waals surface area (Å²) in [5.74, 6) is 0. The van der Waals surface area contributed by atoms with Crippen molar-refractivity contribution in [1.82, 2.24) is 5.32 Å². The summed E-state index contributed by atoms with van der Waals surface area (Å²) in [6.07, 6.45) is -0.121. The second-order valence-electron chi connectivity index (χ2n) is 5.31. The lowest BCUT2D eigenvalue weighted by atomic mass is 10.1. The van der Waals surface area contributed by atoms with E-state index in [2.05, 4.69) is 23.6 Å². The lowest BCUT2D eigenvalue weighted by Gasteiger charge is -2.15. The minimum Gasteiger partial charge on any atom is -0.374 e. The number of nitrogens with one attached hydrogen (secondary N) is 2. The van der Waals surface area contributed by atoms with Crippen LogP contribution in [0.1, 0.15) is 27.0 Å². The van der Waals surface area contributed by atoms with Gasteiger partial charge in [-0.2, -0.15) is 0 Å². The van der Waals surface area contributed by atoms with Gasteiger partial charge in [-0.15, -0.1) is 11.3 Å². The molecule has 0 bridgehead atoms. The zero-order valence-electron chi connectivity index (χ0n) is 13.4. The highest BCUT2D eigenvalue weighted by atomic mass is 32.1. The van der Waals surface area contributed by atoms with Crippen LogP contribution in [-0.4, -0.2) is 19.7 Å². The van der Waals surface area contributed by atoms with Crippen molar-refractivity contribution in [2.24, 2.45) is 0 Å². The minimum absolute atomic E-state index is 0.121. The number of ether oxygens (including phenoxy) is 1. The van der Waals surface area contributed by atoms with E-state index in [1.165, 1.54) is 10.4 Å². The fourth-order valence-electron chi connectivity index (χ4n) is 2.11. The number of benzene rings is 1. The molecule has 1 heterocycles. The number of thiophene rings is 1. The SMILES string of the molecule is COC(CNC(=O)Nc1ccc(C)c(C)c1)c1ccc(C)s1. The molecule has 5 heteroatoms. The van der Waals surface area contributed by atoms with Crippen LogP contribution < -0.4 is 10.6 Å². The van der Waals surface area contributed by atoms with E-state index in [1.807, 2.05) is 38.1 Å². The number of methoxy groups -OCH3 is 1. The molecule has 0 aliphatic rings. The smallest absolute Gasteiger partial charge is 0.319 e. The number of rotatable bonds is 5. The summed E-state index contributed by atoms with van der Waals surface area (Å²) in [4.78, 5) is 14.3. The zero-order chi connectivity index (χ0) is 16.1. The van der Waals surface area contributed by atoms with E-state index >= 15 is 0 Å². The van der Waals surface area contributed by atoms with E-state index in [4.69, 9.17) is 4.74 Å². The molecule has 0 radical (unpaired) electrons. The lowest BCUT2D eigenvalue weighted by molar-refractivity contribution is 0.107. The van der Waals surface area contributed by atoms with Gasteiger partial charge in [-0.3, -0.25) is 0 Å². The molecule has 2 amide bonds. The summed E-state index contributed by atoms with van der Waals surface area (Å²) in [7, 11) is 1.66. The molecule has 0 aliphatic heterocycles. The summed E-state index contributed by atoms with van der Waals surface area (Å²) in [6.45, 7) is 6.57. The minimum atomic E-state index is -0.224. The molecule has 2 aromatic rings. The third kappa shape index (κ3) is 4.32. The van der Waals surface area contributed by atoms with E-state index in [-0.39, 0.29) is 12.1 Å². The van der Waals surface area contributed by atoms with Crippen LogP contribution in [-0.2, 0) is 4.74 Å². The highest BCUT2D eigenvalue weighted by molar-refractivity contribution is 7.12. The van der Waals surface area contributed by atoms with Gasteiger partial charge in [0, 0.05) is 22.6 Å². The molecule has 0 spiro atoms. The van der Waals surface area contributed by atoms with Crippen LogP contribution in [0.2, 0.25) is 0 Å². The van der Waals surface area contributed by atoms with Crippen molar-refractivity contribution in [1.29, 1.82) is 0 Å². The van der Waals surface area contributed by atoms with Crippen molar-refractivity contribution in [2.45, 2.75) is 26.9 Å². The fourth-order valence-corrected chi connectivity index (χ4v) is 3.06. The van der Waals surface area contributed by atoms with E-state index in [9.17, 15) is 4.79 Å². The van der Waals surface area contributed by atoms with Gasteiger partial charge in [0.05, 0.1) is 6.54 Å². The largest absolute Gasteiger partial charge is 0.374 e. The maximum Gasteiger partial charge on any atom is 0.319 e. The first kappa shape index (κ1) is 16.5. The molecule has 2 N–H and O–H groups in total. The summed E-state index contributed by atoms with van der Waals surface area (Å²) in [5.41, 5.74) is 3.15. The molecule has 1 atom stereocenters. The molecule has 0 saturated carbocycles. The number of hydrogen-bond acceptors (Lipinski definition) is 3. The van der Waals surface area contributed by atoms with Gasteiger partial charge in [-0.1, -0.05) is 6.07 Å². The predicted octanol–water partition coefficient (Wildman–Crippen LogP) is 4.18. The van der Waals surface area contributed by atoms with E-state index in [0.29, 0.717) is 6.54 Å². The van der Waals surface area contributed by atoms with Crippen LogP contribution in [0.25, 0.3) is 0 Å². The molecular weight excluding hydrogens is 296 g/mol. The Hall–Kier alpha value is -1.85. The van der Waals surface area contributed by atoms with Crippen molar-refractivity contribution < 1.29 is 9.53 Å². The van der Waals surface area contributed by atoms with Crippen molar-refractivity contribution in [3.05, 3.63) is 51.2 Å². The number of amides is 2. The van der Waals surface area contributed by atoms with Gasteiger partial charge in [-0.25, -0.2) is 4.79 Å². The third-order valence-electron chi connectivity index (χ3n) is 3.58. The number of aryl methyl sites for hydroxylation is 3. The number of carbonyl (C=O) groups excluding carboxylic acids is 1. The van der Waals surface area contributed by atoms with E-state index in [1.54, 1.807) is 18.4 Å². The summed E-state index contributed by atoms with van der Waals surface area (Å²) < 4.78 is 5.45. The molecular formula is C17H22N2O2S. The Morgan fingerprint density at radius 3 is 2.55 bits per heavy atom. The summed E-state index contributed by atoms with van der Waals surface area (Å²) in [6, 6.07) is 9.73. The molecule has 0 fully saturated rings. The van der Waals surface area contributed by atoms with Crippen LogP contribution in [0.4, 0.5) is 10.5 Å². The standard InChI is InChI=1S/C17H22N2O2S/c1-11-5-7-14(9-12(11)2)19-17(20)18-10-15(21-4)16-8-6-13(3)22-16/h5-9,15H,10H2,1-4H3,(H2,18,19,20). The van der Waals surface area contributed by atoms with Gasteiger partial charge in [-0.05, 0) is 56.2 Å². The number of urea groups is 1. The van der Waals surface area contributed by atoms with Gasteiger partial charge in [0.2, 0.25) is 0 Å². The molecule has 0 saturated heterocycles. The first-order valence-corrected chi connectivity index (χ1v) is 8.02. The Balaban J connectivity index is 1.90. The zero-order valence-corrected chi connectivity index (χ0v) is 14.2. The van der Waals surface area contributed by atoms with Crippen LogP contribution >= 0.6 is 11.3 Å². The second kappa shape index (κ2) is 7.42. The first-order chi connectivity index (χ1) is 10.5. The maximum atomic E-state index is 12.0. The molecule has 22 heavy (non-hydrogen) atoms. The Kier molecular flexibility index (Phi) is 5.57. The topological polar surface area (TPSA) is 50.4 Å². The van der Waals surface area contributed by atoms with Crippen LogP contribution in [0.15, 0.2) is 30.3 Å². The summed E-state index contributed by atoms with van der Waals surface area (Å²) >= 11 is 1.68. The van der Waals surface area contributed by atoms with Crippen LogP contribution in [0, 0.1) is 20.8 Å². The molecule has 4 nitrogen and oxygen atoms in total. The Bertz CT molecular complexity index is 652. The Morgan fingerprint density at radius 1 is 1.18 bits per heavy atom. The van der Waals surface area contributed by atoms with Crippen LogP contribution in [0.3, 0.4) is 0 Å². The number of carbonyl (C=O) groups is 1. The number of anilines is 1. The van der Waals surface area contributed by atoms with Gasteiger partial charge < -0.3 is 15.4 Å². The van der Waals surface area contributed by atoms with Crippen molar-refractivity contribution in [2.75, 3.05) is 19.0 Å². The molecule has 2 rings (SSSR count). The maximum absolute atomic E-state index is 12.0. The van der Waals surface area contributed by atoms with E-state index < -0.39 is 0 Å². The Morgan fingerprint density at radius 2 is 1.95 bits per heavy atom. The monoisotopic (exact) mass is 318 g/mol. The van der Waals surface area contributed by atoms with Crippen molar-refractivity contribution >= 4 is 23.1 Å². The average molecular weight is 318 g/mol. The quantitative estimate of drug-likeness (QED) is 0.869.